The number of aryl methyl sites for hydroxylation is 1. The summed E-state index contributed by atoms with van der Waals surface area (Å²) in [6.07, 6.45) is 6.79. The van der Waals surface area contributed by atoms with Crippen molar-refractivity contribution in [3.63, 3.8) is 0 Å². The zero-order valence-corrected chi connectivity index (χ0v) is 13.3. The number of aromatic nitrogens is 2. The lowest BCUT2D eigenvalue weighted by atomic mass is 9.92. The van der Waals surface area contributed by atoms with E-state index in [1.807, 2.05) is 0 Å². The van der Waals surface area contributed by atoms with Crippen molar-refractivity contribution in [2.24, 2.45) is 0 Å². The van der Waals surface area contributed by atoms with Crippen molar-refractivity contribution in [3.05, 3.63) is 17.5 Å². The lowest BCUT2D eigenvalue weighted by molar-refractivity contribution is 0.311. The van der Waals surface area contributed by atoms with Crippen LogP contribution in [0.25, 0.3) is 0 Å². The Morgan fingerprint density at radius 2 is 2.10 bits per heavy atom. The van der Waals surface area contributed by atoms with E-state index < -0.39 is 0 Å². The third-order valence-electron chi connectivity index (χ3n) is 4.60. The Morgan fingerprint density at radius 1 is 1.29 bits per heavy atom. The van der Waals surface area contributed by atoms with E-state index in [2.05, 4.69) is 40.3 Å². The number of hydrogen-bond donors (Lipinski definition) is 1. The van der Waals surface area contributed by atoms with Crippen molar-refractivity contribution in [1.29, 1.82) is 0 Å². The predicted octanol–water partition coefficient (Wildman–Crippen LogP) is 1.61. The van der Waals surface area contributed by atoms with Gasteiger partial charge in [0, 0.05) is 44.0 Å². The summed E-state index contributed by atoms with van der Waals surface area (Å²) in [5, 5.41) is 3.63. The molecule has 1 aliphatic carbocycles. The fourth-order valence-electron chi connectivity index (χ4n) is 3.23. The molecule has 2 aliphatic rings. The van der Waals surface area contributed by atoms with Crippen LogP contribution in [0.5, 0.6) is 0 Å². The first-order chi connectivity index (χ1) is 10.3. The third-order valence-corrected chi connectivity index (χ3v) is 4.60. The van der Waals surface area contributed by atoms with Crippen molar-refractivity contribution < 1.29 is 0 Å². The molecule has 0 aromatic carbocycles. The average Bonchev–Trinajstić information content (AvgIpc) is 2.53. The third kappa shape index (κ3) is 3.35. The molecule has 0 radical (unpaired) electrons. The van der Waals surface area contributed by atoms with Gasteiger partial charge in [-0.1, -0.05) is 6.92 Å². The molecule has 3 rings (SSSR count). The van der Waals surface area contributed by atoms with Gasteiger partial charge >= 0.3 is 0 Å². The molecule has 2 heterocycles. The molecule has 1 saturated heterocycles. The zero-order valence-electron chi connectivity index (χ0n) is 13.3. The molecule has 1 aromatic rings. The molecule has 1 atom stereocenters. The van der Waals surface area contributed by atoms with Crippen LogP contribution in [0.3, 0.4) is 0 Å². The second-order valence-electron chi connectivity index (χ2n) is 6.26. The topological polar surface area (TPSA) is 44.3 Å². The normalized spacial score (nSPS) is 23.1. The Kier molecular flexibility index (Phi) is 4.70. The zero-order chi connectivity index (χ0) is 14.7. The average molecular weight is 289 g/mol. The van der Waals surface area contributed by atoms with Crippen LogP contribution in [0, 0.1) is 0 Å². The summed E-state index contributed by atoms with van der Waals surface area (Å²) in [4.78, 5) is 14.2. The van der Waals surface area contributed by atoms with Crippen LogP contribution in [-0.2, 0) is 6.42 Å². The maximum absolute atomic E-state index is 4.88. The summed E-state index contributed by atoms with van der Waals surface area (Å²) in [6, 6.07) is 0.454. The first kappa shape index (κ1) is 14.7. The van der Waals surface area contributed by atoms with Crippen LogP contribution in [0.1, 0.15) is 43.5 Å². The molecule has 1 unspecified atom stereocenters. The van der Waals surface area contributed by atoms with Gasteiger partial charge < -0.3 is 15.1 Å². The molecule has 21 heavy (non-hydrogen) atoms. The Balaban J connectivity index is 1.74. The Bertz CT molecular complexity index is 468. The van der Waals surface area contributed by atoms with Gasteiger partial charge in [-0.15, -0.1) is 0 Å². The Morgan fingerprint density at radius 3 is 2.86 bits per heavy atom. The highest BCUT2D eigenvalue weighted by Gasteiger charge is 2.23. The number of likely N-dealkylation sites (N-methyl/N-ethyl adjacent to an activating group) is 1. The summed E-state index contributed by atoms with van der Waals surface area (Å²) < 4.78 is 0. The first-order valence-electron chi connectivity index (χ1n) is 8.30. The van der Waals surface area contributed by atoms with Crippen LogP contribution in [0.2, 0.25) is 0 Å². The minimum absolute atomic E-state index is 0.454. The SMILES string of the molecule is CCCNC1CCCc2nc(N3CCN(C)CC3)ncc21. The van der Waals surface area contributed by atoms with Crippen molar-refractivity contribution >= 4 is 5.95 Å². The highest BCUT2D eigenvalue weighted by atomic mass is 15.3. The van der Waals surface area contributed by atoms with Crippen molar-refractivity contribution in [1.82, 2.24) is 20.2 Å². The standard InChI is InChI=1S/C16H27N5/c1-3-7-17-14-5-4-6-15-13(14)12-18-16(19-15)21-10-8-20(2)9-11-21/h12,14,17H,3-11H2,1-2H3. The fraction of sp³-hybridized carbons (Fsp3) is 0.750. The minimum Gasteiger partial charge on any atom is -0.338 e. The number of fused-ring (bicyclic) bond motifs is 1. The van der Waals surface area contributed by atoms with Crippen LogP contribution in [0.4, 0.5) is 5.95 Å². The van der Waals surface area contributed by atoms with E-state index in [1.165, 1.54) is 30.5 Å². The highest BCUT2D eigenvalue weighted by Crippen LogP contribution is 2.29. The molecule has 1 fully saturated rings. The molecule has 0 spiro atoms. The molecular weight excluding hydrogens is 262 g/mol. The fourth-order valence-corrected chi connectivity index (χ4v) is 3.23. The molecule has 0 amide bonds. The van der Waals surface area contributed by atoms with E-state index in [4.69, 9.17) is 4.98 Å². The van der Waals surface area contributed by atoms with Gasteiger partial charge in [0.25, 0.3) is 0 Å². The summed E-state index contributed by atoms with van der Waals surface area (Å²) in [5.74, 6) is 0.929. The number of piperazine rings is 1. The van der Waals surface area contributed by atoms with Crippen LogP contribution >= 0.6 is 0 Å². The van der Waals surface area contributed by atoms with Gasteiger partial charge in [0.2, 0.25) is 5.95 Å². The van der Waals surface area contributed by atoms with Crippen molar-refractivity contribution in [2.75, 3.05) is 44.7 Å². The molecule has 5 nitrogen and oxygen atoms in total. The largest absolute Gasteiger partial charge is 0.338 e. The van der Waals surface area contributed by atoms with Gasteiger partial charge in [-0.3, -0.25) is 0 Å². The summed E-state index contributed by atoms with van der Waals surface area (Å²) in [5.41, 5.74) is 2.59. The van der Waals surface area contributed by atoms with Crippen molar-refractivity contribution in [2.45, 2.75) is 38.6 Å². The van der Waals surface area contributed by atoms with Gasteiger partial charge in [-0.2, -0.15) is 0 Å². The van der Waals surface area contributed by atoms with E-state index in [-0.39, 0.29) is 0 Å². The van der Waals surface area contributed by atoms with E-state index in [9.17, 15) is 0 Å². The van der Waals surface area contributed by atoms with E-state index >= 15 is 0 Å². The van der Waals surface area contributed by atoms with Gasteiger partial charge in [0.1, 0.15) is 0 Å². The van der Waals surface area contributed by atoms with E-state index in [1.54, 1.807) is 0 Å². The summed E-state index contributed by atoms with van der Waals surface area (Å²) in [6.45, 7) is 7.55. The minimum atomic E-state index is 0.454. The molecule has 0 bridgehead atoms. The number of anilines is 1. The highest BCUT2D eigenvalue weighted by molar-refractivity contribution is 5.36. The number of nitrogens with one attached hydrogen (secondary N) is 1. The van der Waals surface area contributed by atoms with Gasteiger partial charge in [0.05, 0.1) is 5.69 Å². The van der Waals surface area contributed by atoms with Crippen LogP contribution < -0.4 is 10.2 Å². The molecule has 1 aliphatic heterocycles. The number of rotatable bonds is 4. The van der Waals surface area contributed by atoms with Gasteiger partial charge in [-0.25, -0.2) is 9.97 Å². The number of nitrogens with zero attached hydrogens (tertiary/aromatic N) is 4. The molecule has 5 heteroatoms. The molecule has 1 N–H and O–H groups in total. The lowest BCUT2D eigenvalue weighted by Gasteiger charge is -2.33. The maximum atomic E-state index is 4.88. The number of hydrogen-bond acceptors (Lipinski definition) is 5. The lowest BCUT2D eigenvalue weighted by Crippen LogP contribution is -2.45. The summed E-state index contributed by atoms with van der Waals surface area (Å²) in [7, 11) is 2.18. The van der Waals surface area contributed by atoms with Crippen molar-refractivity contribution in [3.8, 4) is 0 Å². The monoisotopic (exact) mass is 289 g/mol. The second-order valence-corrected chi connectivity index (χ2v) is 6.26. The Hall–Kier alpha value is -1.20. The quantitative estimate of drug-likeness (QED) is 0.912. The van der Waals surface area contributed by atoms with Crippen LogP contribution in [0.15, 0.2) is 6.20 Å². The second kappa shape index (κ2) is 6.71. The van der Waals surface area contributed by atoms with Gasteiger partial charge in [-0.05, 0) is 39.3 Å². The maximum Gasteiger partial charge on any atom is 0.225 e. The molecular formula is C16H27N5. The van der Waals surface area contributed by atoms with E-state index in [0.717, 1.165) is 45.1 Å². The predicted molar refractivity (Wildman–Crippen MR) is 85.7 cm³/mol. The molecule has 1 aromatic heterocycles. The Labute approximate surface area is 127 Å². The molecule has 116 valence electrons. The first-order valence-corrected chi connectivity index (χ1v) is 8.30. The summed E-state index contributed by atoms with van der Waals surface area (Å²) >= 11 is 0. The van der Waals surface area contributed by atoms with Gasteiger partial charge in [0.15, 0.2) is 0 Å². The molecule has 0 saturated carbocycles. The van der Waals surface area contributed by atoms with E-state index in [0.29, 0.717) is 6.04 Å². The smallest absolute Gasteiger partial charge is 0.225 e. The van der Waals surface area contributed by atoms with Crippen LogP contribution in [-0.4, -0.2) is 54.6 Å².